The van der Waals surface area contributed by atoms with Gasteiger partial charge < -0.3 is 4.90 Å². The van der Waals surface area contributed by atoms with Gasteiger partial charge in [-0.3, -0.25) is 4.79 Å². The third-order valence-corrected chi connectivity index (χ3v) is 3.92. The summed E-state index contributed by atoms with van der Waals surface area (Å²) in [7, 11) is 0. The van der Waals surface area contributed by atoms with Gasteiger partial charge in [0.2, 0.25) is 5.91 Å². The maximum absolute atomic E-state index is 12.7. The highest BCUT2D eigenvalue weighted by atomic mass is 16.5. The number of hydrogen-bond donors (Lipinski definition) is 0. The van der Waals surface area contributed by atoms with Gasteiger partial charge in [0, 0.05) is 20.0 Å². The topological polar surface area (TPSA) is 43.5 Å². The van der Waals surface area contributed by atoms with Gasteiger partial charge in [0.05, 0.1) is 11.1 Å². The van der Waals surface area contributed by atoms with Gasteiger partial charge >= 0.3 is 0 Å². The zero-order valence-electron chi connectivity index (χ0n) is 12.0. The largest absolute Gasteiger partial charge is 0.339 e. The Morgan fingerprint density at radius 2 is 1.68 bits per heavy atom. The molecule has 1 aliphatic rings. The van der Waals surface area contributed by atoms with Crippen molar-refractivity contribution in [2.24, 2.45) is 0 Å². The predicted molar refractivity (Wildman–Crippen MR) is 72.7 cm³/mol. The Morgan fingerprint density at radius 1 is 1.11 bits per heavy atom. The van der Waals surface area contributed by atoms with Crippen molar-refractivity contribution in [3.8, 4) is 0 Å². The molecule has 1 aromatic carbocycles. The molecule has 1 fully saturated rings. The fourth-order valence-electron chi connectivity index (χ4n) is 2.92. The minimum Gasteiger partial charge on any atom is -0.339 e. The maximum atomic E-state index is 12.7. The summed E-state index contributed by atoms with van der Waals surface area (Å²) in [5.74, 6) is 0.0170. The number of rotatable bonds is 1. The van der Waals surface area contributed by atoms with Crippen LogP contribution in [0.5, 0.6) is 0 Å². The molecule has 2 rings (SSSR count). The lowest BCUT2D eigenvalue weighted by atomic mass is 9.83. The molecular formula is C15H21N2O2. The third-order valence-electron chi connectivity index (χ3n) is 3.92. The number of hydroxylamine groups is 2. The van der Waals surface area contributed by atoms with Gasteiger partial charge in [0.1, 0.15) is 0 Å². The third kappa shape index (κ3) is 2.38. The van der Waals surface area contributed by atoms with E-state index in [0.717, 1.165) is 10.6 Å². The molecule has 0 saturated carbocycles. The summed E-state index contributed by atoms with van der Waals surface area (Å²) in [6.07, 6.45) is 0. The Morgan fingerprint density at radius 3 is 2.21 bits per heavy atom. The van der Waals surface area contributed by atoms with Crippen molar-refractivity contribution in [2.75, 3.05) is 13.1 Å². The molecule has 0 N–H and O–H groups in total. The van der Waals surface area contributed by atoms with Gasteiger partial charge in [0.25, 0.3) is 0 Å². The molecule has 1 saturated heterocycles. The molecule has 0 bridgehead atoms. The van der Waals surface area contributed by atoms with Gasteiger partial charge in [-0.1, -0.05) is 30.3 Å². The summed E-state index contributed by atoms with van der Waals surface area (Å²) in [5.41, 5.74) is -0.340. The number of benzene rings is 1. The molecule has 4 heteroatoms. The first-order valence-corrected chi connectivity index (χ1v) is 6.56. The van der Waals surface area contributed by atoms with Crippen LogP contribution in [-0.2, 0) is 15.5 Å². The molecule has 1 aliphatic heterocycles. The fourth-order valence-corrected chi connectivity index (χ4v) is 2.92. The highest BCUT2D eigenvalue weighted by molar-refractivity contribution is 5.73. The quantitative estimate of drug-likeness (QED) is 0.777. The van der Waals surface area contributed by atoms with E-state index in [0.29, 0.717) is 13.1 Å². The van der Waals surface area contributed by atoms with E-state index in [1.165, 1.54) is 0 Å². The second-order valence-electron chi connectivity index (χ2n) is 6.12. The predicted octanol–water partition coefficient (Wildman–Crippen LogP) is 2.19. The fraction of sp³-hybridized carbons (Fsp3) is 0.533. The van der Waals surface area contributed by atoms with Crippen LogP contribution in [0.15, 0.2) is 30.3 Å². The summed E-state index contributed by atoms with van der Waals surface area (Å²) in [5, 5.41) is 13.9. The second kappa shape index (κ2) is 4.62. The molecule has 1 aromatic rings. The highest BCUT2D eigenvalue weighted by Gasteiger charge is 2.49. The first-order valence-electron chi connectivity index (χ1n) is 6.56. The lowest BCUT2D eigenvalue weighted by molar-refractivity contribution is -0.302. The number of carbonyl (C=O) groups is 1. The average Bonchev–Trinajstić information content (AvgIpc) is 2.36. The number of amides is 1. The zero-order chi connectivity index (χ0) is 14.3. The molecule has 19 heavy (non-hydrogen) atoms. The van der Waals surface area contributed by atoms with Crippen LogP contribution >= 0.6 is 0 Å². The number of carbonyl (C=O) groups excluding carboxylic acids is 1. The van der Waals surface area contributed by atoms with Gasteiger partial charge in [-0.25, -0.2) is 0 Å². The lowest BCUT2D eigenvalue weighted by Gasteiger charge is -2.52. The number of piperazine rings is 1. The van der Waals surface area contributed by atoms with Crippen LogP contribution < -0.4 is 0 Å². The molecule has 1 radical (unpaired) electrons. The van der Waals surface area contributed by atoms with E-state index >= 15 is 0 Å². The average molecular weight is 261 g/mol. The van der Waals surface area contributed by atoms with E-state index in [4.69, 9.17) is 0 Å². The monoisotopic (exact) mass is 261 g/mol. The van der Waals surface area contributed by atoms with Crippen molar-refractivity contribution in [1.82, 2.24) is 9.96 Å². The molecule has 0 spiro atoms. The molecule has 0 aromatic heterocycles. The van der Waals surface area contributed by atoms with Crippen molar-refractivity contribution in [2.45, 2.75) is 38.8 Å². The Labute approximate surface area is 114 Å². The van der Waals surface area contributed by atoms with Crippen molar-refractivity contribution >= 4 is 5.91 Å². The molecule has 4 nitrogen and oxygen atoms in total. The summed E-state index contributed by atoms with van der Waals surface area (Å²) in [6, 6.07) is 9.68. The van der Waals surface area contributed by atoms with Gasteiger partial charge in [-0.15, -0.1) is 10.3 Å². The van der Waals surface area contributed by atoms with Gasteiger partial charge in [-0.2, -0.15) is 0 Å². The van der Waals surface area contributed by atoms with E-state index < -0.39 is 11.1 Å². The van der Waals surface area contributed by atoms with Crippen molar-refractivity contribution in [3.63, 3.8) is 0 Å². The SMILES string of the molecule is CC(=O)N1CC(C)(C)N([O])C(C)(c2ccccc2)C1. The van der Waals surface area contributed by atoms with E-state index in [2.05, 4.69) is 0 Å². The Bertz CT molecular complexity index is 472. The van der Waals surface area contributed by atoms with E-state index in [1.54, 1.807) is 11.8 Å². The molecular weight excluding hydrogens is 240 g/mol. The number of nitrogens with zero attached hydrogens (tertiary/aromatic N) is 2. The van der Waals surface area contributed by atoms with E-state index in [1.807, 2.05) is 51.1 Å². The summed E-state index contributed by atoms with van der Waals surface area (Å²) >= 11 is 0. The standard InChI is InChI=1S/C15H21N2O2/c1-12(18)16-10-14(2,3)17(19)15(4,11-16)13-8-6-5-7-9-13/h5-9H,10-11H2,1-4H3. The van der Waals surface area contributed by atoms with Crippen LogP contribution in [0.3, 0.4) is 0 Å². The minimum absolute atomic E-state index is 0.0170. The minimum atomic E-state index is -0.700. The smallest absolute Gasteiger partial charge is 0.219 e. The highest BCUT2D eigenvalue weighted by Crippen LogP contribution is 2.38. The Hall–Kier alpha value is -1.39. The summed E-state index contributed by atoms with van der Waals surface area (Å²) in [4.78, 5) is 13.5. The summed E-state index contributed by atoms with van der Waals surface area (Å²) in [6.45, 7) is 8.13. The van der Waals surface area contributed by atoms with E-state index in [9.17, 15) is 10.0 Å². The molecule has 1 heterocycles. The first-order chi connectivity index (χ1) is 8.77. The molecule has 1 amide bonds. The Kier molecular flexibility index (Phi) is 3.41. The van der Waals surface area contributed by atoms with Crippen molar-refractivity contribution in [3.05, 3.63) is 35.9 Å². The lowest BCUT2D eigenvalue weighted by Crippen LogP contribution is -2.66. The van der Waals surface area contributed by atoms with Crippen molar-refractivity contribution in [1.29, 1.82) is 0 Å². The number of hydrogen-bond acceptors (Lipinski definition) is 2. The molecule has 1 unspecified atom stereocenters. The van der Waals surface area contributed by atoms with Crippen LogP contribution in [0.1, 0.15) is 33.3 Å². The Balaban J connectivity index is 2.44. The normalized spacial score (nSPS) is 27.3. The van der Waals surface area contributed by atoms with E-state index in [-0.39, 0.29) is 5.91 Å². The zero-order valence-corrected chi connectivity index (χ0v) is 12.0. The van der Waals surface area contributed by atoms with Crippen LogP contribution in [0.25, 0.3) is 0 Å². The van der Waals surface area contributed by atoms with Crippen LogP contribution in [0.4, 0.5) is 0 Å². The van der Waals surface area contributed by atoms with Crippen LogP contribution in [0.2, 0.25) is 0 Å². The summed E-state index contributed by atoms with van der Waals surface area (Å²) < 4.78 is 0. The van der Waals surface area contributed by atoms with Crippen molar-refractivity contribution < 1.29 is 10.0 Å². The molecule has 103 valence electrons. The maximum Gasteiger partial charge on any atom is 0.219 e. The second-order valence-corrected chi connectivity index (χ2v) is 6.12. The first kappa shape index (κ1) is 14.0. The molecule has 1 atom stereocenters. The van der Waals surface area contributed by atoms with Gasteiger partial charge in [0.15, 0.2) is 0 Å². The van der Waals surface area contributed by atoms with Crippen LogP contribution in [-0.4, -0.2) is 34.5 Å². The molecule has 0 aliphatic carbocycles. The van der Waals surface area contributed by atoms with Gasteiger partial charge in [-0.05, 0) is 26.3 Å². The van der Waals surface area contributed by atoms with Crippen LogP contribution in [0, 0.1) is 0 Å².